The van der Waals surface area contributed by atoms with Crippen molar-refractivity contribution in [3.63, 3.8) is 0 Å². The van der Waals surface area contributed by atoms with Gasteiger partial charge in [-0.05, 0) is 28.3 Å². The topological polar surface area (TPSA) is 22.1 Å². The second kappa shape index (κ2) is 6.09. The molecule has 1 aromatic carbocycles. The molecule has 0 amide bonds. The highest BCUT2D eigenvalue weighted by atomic mass is 16.5. The lowest BCUT2D eigenvalue weighted by atomic mass is 9.90. The van der Waals surface area contributed by atoms with Crippen LogP contribution in [-0.2, 0) is 11.2 Å². The fraction of sp³-hybridized carbons (Fsp3) is 0.0952. The summed E-state index contributed by atoms with van der Waals surface area (Å²) in [5, 5.41) is 0. The maximum absolute atomic E-state index is 5.60. The van der Waals surface area contributed by atoms with Crippen molar-refractivity contribution >= 4 is 23.0 Å². The van der Waals surface area contributed by atoms with Gasteiger partial charge in [-0.25, -0.2) is 0 Å². The summed E-state index contributed by atoms with van der Waals surface area (Å²) in [6.45, 7) is 17.0. The van der Waals surface area contributed by atoms with E-state index in [0.29, 0.717) is 12.4 Å². The summed E-state index contributed by atoms with van der Waals surface area (Å²) in [6, 6.07) is 10.0. The average Bonchev–Trinajstić information content (AvgIpc) is 2.60. The molecule has 0 unspecified atom stereocenters. The number of ether oxygens (including phenoxy) is 1. The lowest BCUT2D eigenvalue weighted by molar-refractivity contribution is 0.271. The molecule has 0 atom stereocenters. The number of rotatable bonds is 4. The fourth-order valence-corrected chi connectivity index (χ4v) is 2.86. The molecule has 0 bridgehead atoms. The highest BCUT2D eigenvalue weighted by molar-refractivity contribution is 6.05. The summed E-state index contributed by atoms with van der Waals surface area (Å²) in [6.07, 6.45) is 4.49. The van der Waals surface area contributed by atoms with E-state index in [0.717, 1.165) is 40.0 Å². The molecule has 2 nitrogen and oxygen atoms in total. The van der Waals surface area contributed by atoms with Gasteiger partial charge in [0, 0.05) is 23.8 Å². The standard InChI is InChI=1S/C21H19NO/c1-5-17-8-6-7-9-19(17)14(2)15(3)21-20-16(4)23-13-11-18(20)10-12-22-21/h5-10,12H,1-4,11,13H2. The lowest BCUT2D eigenvalue weighted by Crippen LogP contribution is -2.12. The van der Waals surface area contributed by atoms with Crippen molar-refractivity contribution in [1.82, 2.24) is 4.98 Å². The fourth-order valence-electron chi connectivity index (χ4n) is 2.86. The SMILES string of the molecule is C=Cc1ccccc1C(=C)C(=C)c1nccc2c1C(=C)OCC2. The van der Waals surface area contributed by atoms with Crippen LogP contribution in [0.5, 0.6) is 0 Å². The molecule has 0 saturated carbocycles. The van der Waals surface area contributed by atoms with Gasteiger partial charge in [0.1, 0.15) is 5.76 Å². The Balaban J connectivity index is 2.06. The summed E-state index contributed by atoms with van der Waals surface area (Å²) < 4.78 is 5.60. The number of hydrogen-bond donors (Lipinski definition) is 0. The molecule has 1 aromatic heterocycles. The van der Waals surface area contributed by atoms with E-state index in [1.807, 2.05) is 42.6 Å². The van der Waals surface area contributed by atoms with Crippen LogP contribution >= 0.6 is 0 Å². The second-order valence-electron chi connectivity index (χ2n) is 5.46. The van der Waals surface area contributed by atoms with Crippen LogP contribution in [0.2, 0.25) is 0 Å². The minimum atomic E-state index is 0.653. The molecule has 0 fully saturated rings. The van der Waals surface area contributed by atoms with Gasteiger partial charge in [0.15, 0.2) is 0 Å². The van der Waals surface area contributed by atoms with Crippen LogP contribution < -0.4 is 0 Å². The molecule has 2 aromatic rings. The van der Waals surface area contributed by atoms with Gasteiger partial charge in [-0.1, -0.05) is 56.7 Å². The Morgan fingerprint density at radius 3 is 2.70 bits per heavy atom. The zero-order chi connectivity index (χ0) is 16.4. The van der Waals surface area contributed by atoms with Gasteiger partial charge in [0.25, 0.3) is 0 Å². The predicted molar refractivity (Wildman–Crippen MR) is 97.5 cm³/mol. The average molecular weight is 301 g/mol. The van der Waals surface area contributed by atoms with E-state index in [2.05, 4.69) is 31.3 Å². The summed E-state index contributed by atoms with van der Waals surface area (Å²) >= 11 is 0. The summed E-state index contributed by atoms with van der Waals surface area (Å²) in [4.78, 5) is 4.52. The molecule has 114 valence electrons. The van der Waals surface area contributed by atoms with E-state index in [4.69, 9.17) is 4.74 Å². The third-order valence-electron chi connectivity index (χ3n) is 4.12. The van der Waals surface area contributed by atoms with Crippen molar-refractivity contribution in [2.24, 2.45) is 0 Å². The van der Waals surface area contributed by atoms with Crippen molar-refractivity contribution in [1.29, 1.82) is 0 Å². The Kier molecular flexibility index (Phi) is 3.98. The minimum absolute atomic E-state index is 0.653. The molecule has 23 heavy (non-hydrogen) atoms. The normalized spacial score (nSPS) is 13.0. The first-order chi connectivity index (χ1) is 11.1. The Bertz CT molecular complexity index is 829. The maximum Gasteiger partial charge on any atom is 0.121 e. The van der Waals surface area contributed by atoms with Crippen molar-refractivity contribution < 1.29 is 4.74 Å². The van der Waals surface area contributed by atoms with Crippen LogP contribution in [0, 0.1) is 0 Å². The number of allylic oxidation sites excluding steroid dienone is 2. The Morgan fingerprint density at radius 2 is 1.91 bits per heavy atom. The van der Waals surface area contributed by atoms with Crippen LogP contribution in [0.4, 0.5) is 0 Å². The largest absolute Gasteiger partial charge is 0.493 e. The predicted octanol–water partition coefficient (Wildman–Crippen LogP) is 4.99. The quantitative estimate of drug-likeness (QED) is 0.742. The van der Waals surface area contributed by atoms with Crippen LogP contribution in [0.25, 0.3) is 23.0 Å². The lowest BCUT2D eigenvalue weighted by Gasteiger charge is -2.23. The van der Waals surface area contributed by atoms with E-state index in [1.54, 1.807) is 0 Å². The molecule has 1 aliphatic rings. The van der Waals surface area contributed by atoms with E-state index in [9.17, 15) is 0 Å². The third-order valence-corrected chi connectivity index (χ3v) is 4.12. The highest BCUT2D eigenvalue weighted by Gasteiger charge is 2.21. The first kappa shape index (κ1) is 15.0. The second-order valence-corrected chi connectivity index (χ2v) is 5.46. The number of fused-ring (bicyclic) bond motifs is 1. The summed E-state index contributed by atoms with van der Waals surface area (Å²) in [5.41, 5.74) is 6.57. The third kappa shape index (κ3) is 2.64. The van der Waals surface area contributed by atoms with Crippen LogP contribution in [-0.4, -0.2) is 11.6 Å². The van der Waals surface area contributed by atoms with Crippen LogP contribution in [0.15, 0.2) is 62.8 Å². The number of benzene rings is 1. The van der Waals surface area contributed by atoms with E-state index >= 15 is 0 Å². The Labute approximate surface area is 137 Å². The molecular formula is C21H19NO. The molecule has 3 rings (SSSR count). The van der Waals surface area contributed by atoms with E-state index < -0.39 is 0 Å². The monoisotopic (exact) mass is 301 g/mol. The molecule has 2 heterocycles. The van der Waals surface area contributed by atoms with E-state index in [1.165, 1.54) is 5.56 Å². The van der Waals surface area contributed by atoms with Gasteiger partial charge in [0.05, 0.1) is 12.3 Å². The van der Waals surface area contributed by atoms with Gasteiger partial charge in [-0.2, -0.15) is 0 Å². The van der Waals surface area contributed by atoms with Crippen molar-refractivity contribution in [2.75, 3.05) is 6.61 Å². The number of aromatic nitrogens is 1. The van der Waals surface area contributed by atoms with Gasteiger partial charge >= 0.3 is 0 Å². The Hall–Kier alpha value is -2.87. The van der Waals surface area contributed by atoms with Gasteiger partial charge in [-0.3, -0.25) is 4.98 Å². The molecule has 0 saturated heterocycles. The highest BCUT2D eigenvalue weighted by Crippen LogP contribution is 2.36. The minimum Gasteiger partial charge on any atom is -0.493 e. The van der Waals surface area contributed by atoms with E-state index in [-0.39, 0.29) is 0 Å². The number of pyridine rings is 1. The molecule has 0 aliphatic carbocycles. The first-order valence-electron chi connectivity index (χ1n) is 7.54. The molecule has 1 aliphatic heterocycles. The number of nitrogens with zero attached hydrogens (tertiary/aromatic N) is 1. The molecule has 0 spiro atoms. The smallest absolute Gasteiger partial charge is 0.121 e. The van der Waals surface area contributed by atoms with Crippen molar-refractivity contribution in [3.8, 4) is 0 Å². The zero-order valence-electron chi connectivity index (χ0n) is 13.1. The zero-order valence-corrected chi connectivity index (χ0v) is 13.1. The molecule has 0 N–H and O–H groups in total. The molecule has 0 radical (unpaired) electrons. The van der Waals surface area contributed by atoms with Crippen LogP contribution in [0.1, 0.15) is 27.9 Å². The first-order valence-corrected chi connectivity index (χ1v) is 7.54. The molecular weight excluding hydrogens is 282 g/mol. The van der Waals surface area contributed by atoms with Crippen molar-refractivity contribution in [2.45, 2.75) is 6.42 Å². The Morgan fingerprint density at radius 1 is 1.13 bits per heavy atom. The number of hydrogen-bond acceptors (Lipinski definition) is 2. The van der Waals surface area contributed by atoms with Crippen LogP contribution in [0.3, 0.4) is 0 Å². The summed E-state index contributed by atoms with van der Waals surface area (Å²) in [7, 11) is 0. The molecule has 2 heteroatoms. The van der Waals surface area contributed by atoms with Gasteiger partial charge in [-0.15, -0.1) is 0 Å². The summed E-state index contributed by atoms with van der Waals surface area (Å²) in [5.74, 6) is 0.653. The van der Waals surface area contributed by atoms with Gasteiger partial charge in [0.2, 0.25) is 0 Å². The van der Waals surface area contributed by atoms with Gasteiger partial charge < -0.3 is 4.74 Å². The maximum atomic E-state index is 5.60. The van der Waals surface area contributed by atoms with Crippen molar-refractivity contribution in [3.05, 3.63) is 90.8 Å².